The molecular weight excluding hydrogens is 418 g/mol. The van der Waals surface area contributed by atoms with E-state index in [0.29, 0.717) is 24.2 Å². The molecule has 2 unspecified atom stereocenters. The van der Waals surface area contributed by atoms with Crippen molar-refractivity contribution in [1.29, 1.82) is 0 Å². The summed E-state index contributed by atoms with van der Waals surface area (Å²) in [6, 6.07) is 16.1. The minimum atomic E-state index is -0.336. The van der Waals surface area contributed by atoms with Crippen LogP contribution in [-0.2, 0) is 22.6 Å². The molecule has 1 N–H and O–H groups in total. The van der Waals surface area contributed by atoms with Crippen LogP contribution in [0.2, 0.25) is 0 Å². The van der Waals surface area contributed by atoms with E-state index >= 15 is 0 Å². The van der Waals surface area contributed by atoms with Gasteiger partial charge < -0.3 is 18.6 Å². The van der Waals surface area contributed by atoms with Gasteiger partial charge in [-0.25, -0.2) is 0 Å². The zero-order valence-electron chi connectivity index (χ0n) is 18.2. The first kappa shape index (κ1) is 18.8. The SMILES string of the molecule is COC1Cn2c3ccccc3c3c4c(c5c6ccccc6n(c5c32)CC1OC)C(=O)NC4=O. The van der Waals surface area contributed by atoms with Crippen molar-refractivity contribution in [1.82, 2.24) is 14.5 Å². The van der Waals surface area contributed by atoms with Gasteiger partial charge in [-0.1, -0.05) is 36.4 Å². The number of aromatic nitrogens is 2. The Balaban J connectivity index is 1.84. The topological polar surface area (TPSA) is 74.5 Å². The van der Waals surface area contributed by atoms with Gasteiger partial charge >= 0.3 is 0 Å². The molecule has 2 aliphatic heterocycles. The molecule has 2 aliphatic rings. The first-order valence-electron chi connectivity index (χ1n) is 11.0. The van der Waals surface area contributed by atoms with Crippen LogP contribution in [0.3, 0.4) is 0 Å². The quantitative estimate of drug-likeness (QED) is 0.424. The Hall–Kier alpha value is -3.68. The van der Waals surface area contributed by atoms with Gasteiger partial charge in [0, 0.05) is 46.8 Å². The minimum Gasteiger partial charge on any atom is -0.377 e. The second-order valence-corrected chi connectivity index (χ2v) is 8.78. The van der Waals surface area contributed by atoms with E-state index in [4.69, 9.17) is 9.47 Å². The van der Waals surface area contributed by atoms with Gasteiger partial charge in [-0.15, -0.1) is 0 Å². The van der Waals surface area contributed by atoms with E-state index in [2.05, 4.69) is 26.6 Å². The molecule has 164 valence electrons. The van der Waals surface area contributed by atoms with Crippen molar-refractivity contribution in [2.24, 2.45) is 0 Å². The van der Waals surface area contributed by atoms with Crippen LogP contribution in [0, 0.1) is 0 Å². The van der Waals surface area contributed by atoms with Crippen LogP contribution in [0.1, 0.15) is 20.7 Å². The van der Waals surface area contributed by atoms with Crippen LogP contribution in [0.15, 0.2) is 48.5 Å². The van der Waals surface area contributed by atoms with Crippen LogP contribution in [0.5, 0.6) is 0 Å². The molecule has 0 bridgehead atoms. The molecular formula is C26H21N3O4. The Kier molecular flexibility index (Phi) is 3.67. The van der Waals surface area contributed by atoms with E-state index in [1.807, 2.05) is 36.4 Å². The molecule has 0 aliphatic carbocycles. The number of carbonyl (C=O) groups excluding carboxylic acids is 2. The lowest BCUT2D eigenvalue weighted by molar-refractivity contribution is -0.0496. The summed E-state index contributed by atoms with van der Waals surface area (Å²) in [6.45, 7) is 1.15. The van der Waals surface area contributed by atoms with Crippen LogP contribution in [0.25, 0.3) is 43.6 Å². The van der Waals surface area contributed by atoms with E-state index in [9.17, 15) is 9.59 Å². The lowest BCUT2D eigenvalue weighted by Crippen LogP contribution is -2.38. The maximum atomic E-state index is 13.1. The normalized spacial score (nSPS) is 20.2. The molecule has 3 aromatic carbocycles. The van der Waals surface area contributed by atoms with Crippen molar-refractivity contribution in [2.45, 2.75) is 25.3 Å². The lowest BCUT2D eigenvalue weighted by Gasteiger charge is -2.29. The largest absolute Gasteiger partial charge is 0.377 e. The number of methoxy groups -OCH3 is 2. The molecule has 4 heterocycles. The number of nitrogens with zero attached hydrogens (tertiary/aromatic N) is 2. The van der Waals surface area contributed by atoms with Gasteiger partial charge in [-0.2, -0.15) is 0 Å². The average molecular weight is 439 g/mol. The van der Waals surface area contributed by atoms with Crippen molar-refractivity contribution in [3.8, 4) is 0 Å². The molecule has 7 heteroatoms. The van der Waals surface area contributed by atoms with Gasteiger partial charge in [0.25, 0.3) is 11.8 Å². The molecule has 0 saturated heterocycles. The Morgan fingerprint density at radius 3 is 1.58 bits per heavy atom. The van der Waals surface area contributed by atoms with Crippen molar-refractivity contribution in [3.63, 3.8) is 0 Å². The summed E-state index contributed by atoms with van der Waals surface area (Å²) in [5.74, 6) is -0.673. The van der Waals surface area contributed by atoms with Crippen molar-refractivity contribution < 1.29 is 19.1 Å². The van der Waals surface area contributed by atoms with Crippen molar-refractivity contribution in [3.05, 3.63) is 59.7 Å². The van der Waals surface area contributed by atoms with Gasteiger partial charge in [-0.3, -0.25) is 14.9 Å². The molecule has 5 aromatic rings. The third kappa shape index (κ3) is 2.21. The van der Waals surface area contributed by atoms with Crippen LogP contribution < -0.4 is 5.32 Å². The maximum Gasteiger partial charge on any atom is 0.259 e. The number of amides is 2. The number of carbonyl (C=O) groups is 2. The number of hydrogen-bond donors (Lipinski definition) is 1. The number of imide groups is 1. The second kappa shape index (κ2) is 6.43. The highest BCUT2D eigenvalue weighted by molar-refractivity contribution is 6.39. The van der Waals surface area contributed by atoms with E-state index < -0.39 is 0 Å². The lowest BCUT2D eigenvalue weighted by atomic mass is 9.96. The summed E-state index contributed by atoms with van der Waals surface area (Å²) in [5, 5.41) is 6.12. The molecule has 0 fully saturated rings. The van der Waals surface area contributed by atoms with E-state index in [1.54, 1.807) is 14.2 Å². The van der Waals surface area contributed by atoms with Crippen LogP contribution in [-0.4, -0.2) is 47.4 Å². The number of benzene rings is 3. The van der Waals surface area contributed by atoms with Crippen LogP contribution >= 0.6 is 0 Å². The maximum absolute atomic E-state index is 13.1. The molecule has 7 rings (SSSR count). The third-order valence-corrected chi connectivity index (χ3v) is 7.34. The number of hydrogen-bond acceptors (Lipinski definition) is 4. The van der Waals surface area contributed by atoms with Crippen LogP contribution in [0.4, 0.5) is 0 Å². The highest BCUT2D eigenvalue weighted by Crippen LogP contribution is 2.45. The number of ether oxygens (including phenoxy) is 2. The summed E-state index contributed by atoms with van der Waals surface area (Å²) in [7, 11) is 3.42. The predicted molar refractivity (Wildman–Crippen MR) is 126 cm³/mol. The summed E-state index contributed by atoms with van der Waals surface area (Å²) in [6.07, 6.45) is -0.385. The fourth-order valence-electron chi connectivity index (χ4n) is 5.96. The molecule has 0 saturated carbocycles. The average Bonchev–Trinajstić information content (AvgIpc) is 3.42. The third-order valence-electron chi connectivity index (χ3n) is 7.34. The molecule has 2 aromatic heterocycles. The van der Waals surface area contributed by atoms with Crippen molar-refractivity contribution in [2.75, 3.05) is 14.2 Å². The highest BCUT2D eigenvalue weighted by Gasteiger charge is 2.38. The number of para-hydroxylation sites is 2. The molecule has 0 spiro atoms. The Morgan fingerprint density at radius 2 is 1.15 bits per heavy atom. The molecule has 7 nitrogen and oxygen atoms in total. The summed E-state index contributed by atoms with van der Waals surface area (Å²) in [4.78, 5) is 26.3. The molecule has 33 heavy (non-hydrogen) atoms. The monoisotopic (exact) mass is 439 g/mol. The number of rotatable bonds is 2. The number of fused-ring (bicyclic) bond motifs is 9. The first-order chi connectivity index (χ1) is 16.1. The van der Waals surface area contributed by atoms with E-state index in [0.717, 1.165) is 43.6 Å². The van der Waals surface area contributed by atoms with E-state index in [1.165, 1.54) is 0 Å². The smallest absolute Gasteiger partial charge is 0.259 e. The standard InChI is InChI=1S/C26H21N3O4/c1-32-17-11-28-15-9-5-3-7-13(15)19-21-22(26(31)27-25(21)30)20-14-8-4-6-10-16(14)29(12-18(17)33-2)24(20)23(19)28/h3-10,17-18H,11-12H2,1-2H3,(H,27,30,31). The Bertz CT molecular complexity index is 1550. The summed E-state index contributed by atoms with van der Waals surface area (Å²) >= 11 is 0. The van der Waals surface area contributed by atoms with Gasteiger partial charge in [0.2, 0.25) is 0 Å². The van der Waals surface area contributed by atoms with Gasteiger partial charge in [0.05, 0.1) is 35.2 Å². The second-order valence-electron chi connectivity index (χ2n) is 8.78. The fraction of sp³-hybridized carbons (Fsp3) is 0.231. The van der Waals surface area contributed by atoms with E-state index in [-0.39, 0.29) is 24.0 Å². The van der Waals surface area contributed by atoms with Crippen molar-refractivity contribution >= 4 is 55.4 Å². The minimum absolute atomic E-state index is 0.193. The van der Waals surface area contributed by atoms with Gasteiger partial charge in [0.1, 0.15) is 12.2 Å². The van der Waals surface area contributed by atoms with Gasteiger partial charge in [0.15, 0.2) is 0 Å². The summed E-state index contributed by atoms with van der Waals surface area (Å²) in [5.41, 5.74) is 4.87. The zero-order chi connectivity index (χ0) is 22.4. The Labute approximate surface area is 188 Å². The molecule has 2 atom stereocenters. The molecule has 2 amide bonds. The predicted octanol–water partition coefficient (Wildman–Crippen LogP) is 3.83. The summed E-state index contributed by atoms with van der Waals surface area (Å²) < 4.78 is 16.3. The number of nitrogens with one attached hydrogen (secondary N) is 1. The molecule has 0 radical (unpaired) electrons. The first-order valence-corrected chi connectivity index (χ1v) is 11.0. The Morgan fingerprint density at radius 1 is 0.727 bits per heavy atom. The van der Waals surface area contributed by atoms with Gasteiger partial charge in [-0.05, 0) is 12.1 Å². The highest BCUT2D eigenvalue weighted by atomic mass is 16.5. The fourth-order valence-corrected chi connectivity index (χ4v) is 5.96. The zero-order valence-corrected chi connectivity index (χ0v) is 18.2.